The Labute approximate surface area is 197 Å². The molecule has 0 unspecified atom stereocenters. The fourth-order valence-corrected chi connectivity index (χ4v) is 6.94. The standard InChI is InChI=1S/C23H25ClFN3O2S2/c1-15-10-16(2)20(17(3)11-15)13-19-14-31-23(26-19)27-6-8-28(9-7-27)32(29,30)22-5-4-18(25)12-21(22)24/h4-5,10-12,14H,6-9,13H2,1-3H3. The van der Waals surface area contributed by atoms with Gasteiger partial charge in [0.2, 0.25) is 10.0 Å². The maximum Gasteiger partial charge on any atom is 0.244 e. The van der Waals surface area contributed by atoms with Gasteiger partial charge < -0.3 is 4.90 Å². The third-order valence-electron chi connectivity index (χ3n) is 5.76. The Morgan fingerprint density at radius 2 is 1.72 bits per heavy atom. The highest BCUT2D eigenvalue weighted by molar-refractivity contribution is 7.89. The van der Waals surface area contributed by atoms with E-state index in [1.165, 1.54) is 32.6 Å². The van der Waals surface area contributed by atoms with Gasteiger partial charge in [-0.2, -0.15) is 4.31 Å². The molecule has 9 heteroatoms. The van der Waals surface area contributed by atoms with E-state index in [1.807, 2.05) is 0 Å². The number of halogens is 2. The molecule has 32 heavy (non-hydrogen) atoms. The normalized spacial score (nSPS) is 15.3. The summed E-state index contributed by atoms with van der Waals surface area (Å²) in [5.41, 5.74) is 6.14. The van der Waals surface area contributed by atoms with Gasteiger partial charge in [-0.3, -0.25) is 0 Å². The van der Waals surface area contributed by atoms with Crippen LogP contribution >= 0.6 is 22.9 Å². The molecule has 5 nitrogen and oxygen atoms in total. The number of benzene rings is 2. The second-order valence-electron chi connectivity index (χ2n) is 8.14. The van der Waals surface area contributed by atoms with E-state index in [9.17, 15) is 12.8 Å². The summed E-state index contributed by atoms with van der Waals surface area (Å²) >= 11 is 7.58. The predicted molar refractivity (Wildman–Crippen MR) is 128 cm³/mol. The average Bonchev–Trinajstić information content (AvgIpc) is 3.19. The Bertz CT molecular complexity index is 1230. The van der Waals surface area contributed by atoms with Crippen molar-refractivity contribution in [2.75, 3.05) is 31.1 Å². The van der Waals surface area contributed by atoms with Crippen molar-refractivity contribution in [2.24, 2.45) is 0 Å². The summed E-state index contributed by atoms with van der Waals surface area (Å²) in [7, 11) is -3.77. The highest BCUT2D eigenvalue weighted by Crippen LogP contribution is 2.29. The van der Waals surface area contributed by atoms with Gasteiger partial charge in [0, 0.05) is 38.0 Å². The quantitative estimate of drug-likeness (QED) is 0.504. The van der Waals surface area contributed by atoms with Crippen LogP contribution in [0, 0.1) is 26.6 Å². The lowest BCUT2D eigenvalue weighted by molar-refractivity contribution is 0.384. The topological polar surface area (TPSA) is 53.5 Å². The largest absolute Gasteiger partial charge is 0.345 e. The molecule has 1 aliphatic heterocycles. The van der Waals surface area contributed by atoms with Gasteiger partial charge in [0.05, 0.1) is 10.7 Å². The first-order chi connectivity index (χ1) is 15.1. The van der Waals surface area contributed by atoms with Crippen molar-refractivity contribution >= 4 is 38.1 Å². The maximum absolute atomic E-state index is 13.3. The Morgan fingerprint density at radius 1 is 1.06 bits per heavy atom. The molecule has 0 radical (unpaired) electrons. The highest BCUT2D eigenvalue weighted by Gasteiger charge is 2.31. The van der Waals surface area contributed by atoms with Crippen LogP contribution in [-0.2, 0) is 16.4 Å². The Balaban J connectivity index is 1.44. The van der Waals surface area contributed by atoms with Crippen molar-refractivity contribution in [3.63, 3.8) is 0 Å². The van der Waals surface area contributed by atoms with Gasteiger partial charge in [0.15, 0.2) is 5.13 Å². The molecule has 0 amide bonds. The summed E-state index contributed by atoms with van der Waals surface area (Å²) in [6.45, 7) is 8.09. The van der Waals surface area contributed by atoms with E-state index in [2.05, 4.69) is 43.2 Å². The number of hydrogen-bond donors (Lipinski definition) is 0. The molecule has 0 aliphatic carbocycles. The van der Waals surface area contributed by atoms with Gasteiger partial charge in [0.25, 0.3) is 0 Å². The van der Waals surface area contributed by atoms with Crippen molar-refractivity contribution in [2.45, 2.75) is 32.1 Å². The minimum Gasteiger partial charge on any atom is -0.345 e. The first kappa shape index (κ1) is 23.2. The first-order valence-electron chi connectivity index (χ1n) is 10.4. The predicted octanol–water partition coefficient (Wildman–Crippen LogP) is 4.96. The van der Waals surface area contributed by atoms with Gasteiger partial charge in [-0.25, -0.2) is 17.8 Å². The molecule has 1 aliphatic rings. The Morgan fingerprint density at radius 3 is 2.34 bits per heavy atom. The molecule has 1 fully saturated rings. The molecular formula is C23H25ClFN3O2S2. The molecule has 0 bridgehead atoms. The van der Waals surface area contributed by atoms with E-state index in [0.29, 0.717) is 26.2 Å². The maximum atomic E-state index is 13.3. The number of aromatic nitrogens is 1. The zero-order valence-electron chi connectivity index (χ0n) is 18.2. The van der Waals surface area contributed by atoms with Gasteiger partial charge in [-0.1, -0.05) is 29.3 Å². The van der Waals surface area contributed by atoms with Crippen molar-refractivity contribution in [3.05, 3.63) is 74.5 Å². The zero-order valence-corrected chi connectivity index (χ0v) is 20.6. The number of hydrogen-bond acceptors (Lipinski definition) is 5. The number of thiazole rings is 1. The van der Waals surface area contributed by atoms with Crippen LogP contribution in [0.15, 0.2) is 40.6 Å². The molecule has 2 heterocycles. The van der Waals surface area contributed by atoms with Crippen LogP contribution in [-0.4, -0.2) is 43.9 Å². The van der Waals surface area contributed by atoms with Crippen molar-refractivity contribution < 1.29 is 12.8 Å². The van der Waals surface area contributed by atoms with Gasteiger partial charge in [-0.05, 0) is 55.7 Å². The molecule has 0 N–H and O–H groups in total. The summed E-state index contributed by atoms with van der Waals surface area (Å²) in [6, 6.07) is 7.76. The SMILES string of the molecule is Cc1cc(C)c(Cc2csc(N3CCN(S(=O)(=O)c4ccc(F)cc4Cl)CC3)n2)c(C)c1. The molecule has 3 aromatic rings. The van der Waals surface area contributed by atoms with Crippen LogP contribution < -0.4 is 4.90 Å². The molecule has 0 spiro atoms. The summed E-state index contributed by atoms with van der Waals surface area (Å²) in [6.07, 6.45) is 0.784. The van der Waals surface area contributed by atoms with Crippen LogP contribution in [0.3, 0.4) is 0 Å². The fourth-order valence-electron chi connectivity index (χ4n) is 4.14. The monoisotopic (exact) mass is 493 g/mol. The molecule has 1 aromatic heterocycles. The minimum atomic E-state index is -3.77. The highest BCUT2D eigenvalue weighted by atomic mass is 35.5. The second kappa shape index (κ2) is 9.09. The lowest BCUT2D eigenvalue weighted by Crippen LogP contribution is -2.48. The van der Waals surface area contributed by atoms with Crippen LogP contribution in [0.2, 0.25) is 5.02 Å². The zero-order chi connectivity index (χ0) is 23.0. The number of nitrogens with zero attached hydrogens (tertiary/aromatic N) is 3. The average molecular weight is 494 g/mol. The lowest BCUT2D eigenvalue weighted by Gasteiger charge is -2.33. The Kier molecular flexibility index (Phi) is 6.58. The Hall–Kier alpha value is -2.00. The summed E-state index contributed by atoms with van der Waals surface area (Å²) in [5.74, 6) is -0.561. The number of anilines is 1. The third-order valence-corrected chi connectivity index (χ3v) is 9.09. The molecule has 170 valence electrons. The lowest BCUT2D eigenvalue weighted by atomic mass is 9.96. The smallest absolute Gasteiger partial charge is 0.244 e. The second-order valence-corrected chi connectivity index (χ2v) is 11.3. The van der Waals surface area contributed by atoms with Crippen molar-refractivity contribution in [1.29, 1.82) is 0 Å². The number of aryl methyl sites for hydroxylation is 3. The van der Waals surface area contributed by atoms with Gasteiger partial charge >= 0.3 is 0 Å². The van der Waals surface area contributed by atoms with Crippen molar-refractivity contribution in [3.8, 4) is 0 Å². The van der Waals surface area contributed by atoms with Gasteiger partial charge in [-0.15, -0.1) is 11.3 Å². The van der Waals surface area contributed by atoms with Crippen LogP contribution in [0.1, 0.15) is 27.9 Å². The summed E-state index contributed by atoms with van der Waals surface area (Å²) in [4.78, 5) is 6.87. The molecular weight excluding hydrogens is 469 g/mol. The van der Waals surface area contributed by atoms with Crippen LogP contribution in [0.4, 0.5) is 9.52 Å². The number of sulfonamides is 1. The first-order valence-corrected chi connectivity index (χ1v) is 13.1. The van der Waals surface area contributed by atoms with E-state index < -0.39 is 15.8 Å². The molecule has 2 aromatic carbocycles. The summed E-state index contributed by atoms with van der Waals surface area (Å²) in [5, 5.41) is 2.88. The van der Waals surface area contributed by atoms with E-state index in [4.69, 9.17) is 16.6 Å². The number of rotatable bonds is 5. The fraction of sp³-hybridized carbons (Fsp3) is 0.348. The van der Waals surface area contributed by atoms with E-state index in [0.717, 1.165) is 29.4 Å². The molecule has 0 atom stereocenters. The van der Waals surface area contributed by atoms with E-state index >= 15 is 0 Å². The minimum absolute atomic E-state index is 0.0608. The van der Waals surface area contributed by atoms with Crippen LogP contribution in [0.25, 0.3) is 0 Å². The van der Waals surface area contributed by atoms with Crippen molar-refractivity contribution in [1.82, 2.24) is 9.29 Å². The van der Waals surface area contributed by atoms with E-state index in [-0.39, 0.29) is 9.92 Å². The third kappa shape index (κ3) is 4.69. The van der Waals surface area contributed by atoms with E-state index in [1.54, 1.807) is 11.3 Å². The molecule has 1 saturated heterocycles. The van der Waals surface area contributed by atoms with Gasteiger partial charge in [0.1, 0.15) is 10.7 Å². The molecule has 0 saturated carbocycles. The van der Waals surface area contributed by atoms with Crippen LogP contribution in [0.5, 0.6) is 0 Å². The molecule has 4 rings (SSSR count). The summed E-state index contributed by atoms with van der Waals surface area (Å²) < 4.78 is 40.6. The number of piperazine rings is 1.